The lowest BCUT2D eigenvalue weighted by atomic mass is 9.95. The van der Waals surface area contributed by atoms with Crippen LogP contribution >= 0.6 is 0 Å². The smallest absolute Gasteiger partial charge is 0.303 e. The van der Waals surface area contributed by atoms with Gasteiger partial charge in [-0.25, -0.2) is 0 Å². The van der Waals surface area contributed by atoms with Crippen LogP contribution in [0, 0.1) is 12.3 Å². The molecule has 1 aromatic rings. The van der Waals surface area contributed by atoms with E-state index < -0.39 is 17.9 Å². The second kappa shape index (κ2) is 9.55. The first kappa shape index (κ1) is 20.3. The molecule has 1 unspecified atom stereocenters. The first-order valence-corrected chi connectivity index (χ1v) is 7.54. The topological polar surface area (TPSA) is 91.3 Å². The maximum atomic E-state index is 12.7. The standard InChI is InChI=1S/C18H22O7/c1-6-9-25-11(2)12-10-14(22-3)17(23-4)18(24-5)16(12)13(19)7-8-15(20)21/h1,10-11H,7-9H2,2-5H3,(H,20,21). The van der Waals surface area contributed by atoms with Crippen molar-refractivity contribution in [2.24, 2.45) is 0 Å². The SMILES string of the molecule is C#CCOC(C)c1cc(OC)c(OC)c(OC)c1C(=O)CCC(=O)O. The third kappa shape index (κ3) is 4.88. The molecule has 0 aliphatic carbocycles. The second-order valence-corrected chi connectivity index (χ2v) is 5.08. The maximum Gasteiger partial charge on any atom is 0.303 e. The highest BCUT2D eigenvalue weighted by molar-refractivity contribution is 6.02. The lowest BCUT2D eigenvalue weighted by Gasteiger charge is -2.22. The fraction of sp³-hybridized carbons (Fsp3) is 0.444. The third-order valence-corrected chi connectivity index (χ3v) is 3.56. The zero-order valence-electron chi connectivity index (χ0n) is 14.8. The van der Waals surface area contributed by atoms with Gasteiger partial charge in [0.1, 0.15) is 6.61 Å². The van der Waals surface area contributed by atoms with Crippen LogP contribution in [-0.2, 0) is 9.53 Å². The van der Waals surface area contributed by atoms with Gasteiger partial charge in [0.05, 0.1) is 39.4 Å². The molecule has 0 aliphatic heterocycles. The Morgan fingerprint density at radius 3 is 2.28 bits per heavy atom. The number of carbonyl (C=O) groups excluding carboxylic acids is 1. The minimum absolute atomic E-state index is 0.0561. The van der Waals surface area contributed by atoms with Crippen LogP contribution in [0.1, 0.15) is 41.8 Å². The van der Waals surface area contributed by atoms with E-state index in [1.54, 1.807) is 13.0 Å². The van der Waals surface area contributed by atoms with Crippen LogP contribution in [0.25, 0.3) is 0 Å². The van der Waals surface area contributed by atoms with Crippen LogP contribution in [-0.4, -0.2) is 44.8 Å². The van der Waals surface area contributed by atoms with Gasteiger partial charge in [-0.05, 0) is 18.6 Å². The van der Waals surface area contributed by atoms with Gasteiger partial charge in [-0.3, -0.25) is 9.59 Å². The van der Waals surface area contributed by atoms with Crippen LogP contribution in [0.3, 0.4) is 0 Å². The van der Waals surface area contributed by atoms with Gasteiger partial charge in [-0.2, -0.15) is 0 Å². The molecule has 0 saturated carbocycles. The Morgan fingerprint density at radius 1 is 1.16 bits per heavy atom. The molecule has 1 N–H and O–H groups in total. The number of carboxylic acids is 1. The number of Topliss-reactive ketones (excluding diaryl/α,β-unsaturated/α-hetero) is 1. The van der Waals surface area contributed by atoms with Crippen molar-refractivity contribution in [1.82, 2.24) is 0 Å². The molecule has 0 radical (unpaired) electrons. The number of ether oxygens (including phenoxy) is 4. The molecule has 1 atom stereocenters. The number of methoxy groups -OCH3 is 3. The van der Waals surface area contributed by atoms with E-state index in [4.69, 9.17) is 30.5 Å². The van der Waals surface area contributed by atoms with E-state index in [1.165, 1.54) is 21.3 Å². The first-order chi connectivity index (χ1) is 11.9. The Kier molecular flexibility index (Phi) is 7.76. The van der Waals surface area contributed by atoms with Gasteiger partial charge in [0.2, 0.25) is 5.75 Å². The molecule has 0 spiro atoms. The Labute approximate surface area is 146 Å². The molecule has 0 amide bonds. The zero-order valence-corrected chi connectivity index (χ0v) is 14.8. The Morgan fingerprint density at radius 2 is 1.80 bits per heavy atom. The predicted molar refractivity (Wildman–Crippen MR) is 90.5 cm³/mol. The Hall–Kier alpha value is -2.72. The molecule has 136 valence electrons. The molecule has 0 aromatic heterocycles. The van der Waals surface area contributed by atoms with Crippen molar-refractivity contribution in [2.45, 2.75) is 25.9 Å². The molecule has 0 saturated heterocycles. The number of aliphatic carboxylic acids is 1. The summed E-state index contributed by atoms with van der Waals surface area (Å²) >= 11 is 0. The van der Waals surface area contributed by atoms with E-state index in [2.05, 4.69) is 5.92 Å². The van der Waals surface area contributed by atoms with Crippen molar-refractivity contribution in [3.05, 3.63) is 17.2 Å². The fourth-order valence-electron chi connectivity index (χ4n) is 2.39. The summed E-state index contributed by atoms with van der Waals surface area (Å²) in [6.45, 7) is 1.78. The van der Waals surface area contributed by atoms with Gasteiger partial charge in [-0.1, -0.05) is 5.92 Å². The number of carbonyl (C=O) groups is 2. The molecule has 7 nitrogen and oxygen atoms in total. The summed E-state index contributed by atoms with van der Waals surface area (Å²) in [5, 5.41) is 8.84. The molecule has 0 heterocycles. The van der Waals surface area contributed by atoms with Crippen molar-refractivity contribution in [3.8, 4) is 29.6 Å². The molecule has 0 aliphatic rings. The summed E-state index contributed by atoms with van der Waals surface area (Å²) in [4.78, 5) is 23.5. The van der Waals surface area contributed by atoms with E-state index in [9.17, 15) is 9.59 Å². The summed E-state index contributed by atoms with van der Waals surface area (Å²) in [6.07, 6.45) is 4.20. The molecule has 7 heteroatoms. The summed E-state index contributed by atoms with van der Waals surface area (Å²) in [5.41, 5.74) is 0.686. The number of ketones is 1. The summed E-state index contributed by atoms with van der Waals surface area (Å²) in [6, 6.07) is 1.61. The lowest BCUT2D eigenvalue weighted by Crippen LogP contribution is -2.13. The number of hydrogen-bond donors (Lipinski definition) is 1. The third-order valence-electron chi connectivity index (χ3n) is 3.56. The summed E-state index contributed by atoms with van der Waals surface area (Å²) < 4.78 is 21.5. The van der Waals surface area contributed by atoms with E-state index >= 15 is 0 Å². The molecule has 25 heavy (non-hydrogen) atoms. The van der Waals surface area contributed by atoms with E-state index in [0.717, 1.165) is 0 Å². The van der Waals surface area contributed by atoms with Crippen LogP contribution in [0.4, 0.5) is 0 Å². The minimum Gasteiger partial charge on any atom is -0.493 e. The van der Waals surface area contributed by atoms with Crippen molar-refractivity contribution in [3.63, 3.8) is 0 Å². The lowest BCUT2D eigenvalue weighted by molar-refractivity contribution is -0.136. The second-order valence-electron chi connectivity index (χ2n) is 5.08. The van der Waals surface area contributed by atoms with Crippen LogP contribution in [0.5, 0.6) is 17.2 Å². The normalized spacial score (nSPS) is 11.3. The average molecular weight is 350 g/mol. The Bertz CT molecular complexity index is 673. The van der Waals surface area contributed by atoms with Gasteiger partial charge >= 0.3 is 5.97 Å². The number of rotatable bonds is 10. The molecular weight excluding hydrogens is 328 g/mol. The van der Waals surface area contributed by atoms with Gasteiger partial charge in [0, 0.05) is 6.42 Å². The minimum atomic E-state index is -1.06. The monoisotopic (exact) mass is 350 g/mol. The number of hydrogen-bond acceptors (Lipinski definition) is 6. The quantitative estimate of drug-likeness (QED) is 0.512. The van der Waals surface area contributed by atoms with Crippen LogP contribution < -0.4 is 14.2 Å². The van der Waals surface area contributed by atoms with Crippen molar-refractivity contribution in [1.29, 1.82) is 0 Å². The van der Waals surface area contributed by atoms with Gasteiger partial charge in [0.15, 0.2) is 17.3 Å². The van der Waals surface area contributed by atoms with E-state index in [0.29, 0.717) is 11.3 Å². The highest BCUT2D eigenvalue weighted by Crippen LogP contribution is 2.44. The van der Waals surface area contributed by atoms with Gasteiger partial charge < -0.3 is 24.1 Å². The highest BCUT2D eigenvalue weighted by atomic mass is 16.5. The fourth-order valence-corrected chi connectivity index (χ4v) is 2.39. The number of carboxylic acid groups (broad SMARTS) is 1. The van der Waals surface area contributed by atoms with Crippen molar-refractivity contribution < 1.29 is 33.6 Å². The van der Waals surface area contributed by atoms with E-state index in [1.807, 2.05) is 0 Å². The molecule has 1 rings (SSSR count). The van der Waals surface area contributed by atoms with Crippen molar-refractivity contribution in [2.75, 3.05) is 27.9 Å². The molecule has 1 aromatic carbocycles. The van der Waals surface area contributed by atoms with Gasteiger partial charge in [0.25, 0.3) is 0 Å². The van der Waals surface area contributed by atoms with Gasteiger partial charge in [-0.15, -0.1) is 6.42 Å². The summed E-state index contributed by atoms with van der Waals surface area (Å²) in [7, 11) is 4.27. The molecule has 0 fully saturated rings. The summed E-state index contributed by atoms with van der Waals surface area (Å²) in [5.74, 6) is 1.68. The highest BCUT2D eigenvalue weighted by Gasteiger charge is 2.28. The first-order valence-electron chi connectivity index (χ1n) is 7.54. The largest absolute Gasteiger partial charge is 0.493 e. The predicted octanol–water partition coefficient (Wildman–Crippen LogP) is 2.47. The Balaban J connectivity index is 3.52. The number of terminal acetylenes is 1. The molecule has 0 bridgehead atoms. The van der Waals surface area contributed by atoms with Crippen LogP contribution in [0.2, 0.25) is 0 Å². The van der Waals surface area contributed by atoms with Crippen molar-refractivity contribution >= 4 is 11.8 Å². The maximum absolute atomic E-state index is 12.7. The average Bonchev–Trinajstić information content (AvgIpc) is 2.61. The van der Waals surface area contributed by atoms with Crippen LogP contribution in [0.15, 0.2) is 6.07 Å². The molecular formula is C18H22O7. The zero-order chi connectivity index (χ0) is 19.0. The van der Waals surface area contributed by atoms with E-state index in [-0.39, 0.29) is 36.5 Å². The number of benzene rings is 1.